The lowest BCUT2D eigenvalue weighted by molar-refractivity contribution is 0.0602. The molecule has 1 aliphatic rings. The highest BCUT2D eigenvalue weighted by atomic mass is 16.1. The fourth-order valence-corrected chi connectivity index (χ4v) is 2.22. The molecular formula is C13H19N3O. The predicted molar refractivity (Wildman–Crippen MR) is 67.1 cm³/mol. The Balaban J connectivity index is 2.17. The maximum Gasteiger partial charge on any atom is 0.182 e. The van der Waals surface area contributed by atoms with Gasteiger partial charge in [-0.15, -0.1) is 0 Å². The van der Waals surface area contributed by atoms with Crippen molar-refractivity contribution in [3.63, 3.8) is 0 Å². The summed E-state index contributed by atoms with van der Waals surface area (Å²) in [4.78, 5) is 18.7. The molecule has 1 aliphatic heterocycles. The van der Waals surface area contributed by atoms with Crippen LogP contribution in [0, 0.1) is 0 Å². The summed E-state index contributed by atoms with van der Waals surface area (Å²) in [5.41, 5.74) is 0.298. The van der Waals surface area contributed by atoms with Crippen molar-refractivity contribution in [2.45, 2.75) is 19.4 Å². The van der Waals surface area contributed by atoms with Gasteiger partial charge in [0, 0.05) is 44.1 Å². The van der Waals surface area contributed by atoms with Gasteiger partial charge >= 0.3 is 0 Å². The fraction of sp³-hybridized carbons (Fsp3) is 0.538. The number of pyridine rings is 1. The third kappa shape index (κ3) is 2.53. The zero-order valence-corrected chi connectivity index (χ0v) is 10.4. The first-order chi connectivity index (χ1) is 8.12. The van der Waals surface area contributed by atoms with E-state index >= 15 is 0 Å². The first-order valence-corrected chi connectivity index (χ1v) is 6.03. The van der Waals surface area contributed by atoms with E-state index in [0.29, 0.717) is 0 Å². The average molecular weight is 233 g/mol. The summed E-state index contributed by atoms with van der Waals surface area (Å²) < 4.78 is 0. The average Bonchev–Trinajstić information content (AvgIpc) is 2.40. The summed E-state index contributed by atoms with van der Waals surface area (Å²) in [5.74, 6) is 0.168. The Labute approximate surface area is 102 Å². The third-order valence-corrected chi connectivity index (χ3v) is 3.41. The number of piperazine rings is 1. The summed E-state index contributed by atoms with van der Waals surface area (Å²) in [6.07, 6.45) is 3.34. The summed E-state index contributed by atoms with van der Waals surface area (Å²) in [6, 6.07) is 3.57. The quantitative estimate of drug-likeness (QED) is 0.789. The summed E-state index contributed by atoms with van der Waals surface area (Å²) in [6.45, 7) is 7.75. The monoisotopic (exact) mass is 233 g/mol. The molecule has 0 aliphatic carbocycles. The molecule has 0 amide bonds. The molecule has 2 rings (SSSR count). The van der Waals surface area contributed by atoms with E-state index in [1.807, 2.05) is 13.8 Å². The van der Waals surface area contributed by atoms with Gasteiger partial charge in [0.25, 0.3) is 0 Å². The molecule has 17 heavy (non-hydrogen) atoms. The largest absolute Gasteiger partial charge is 0.314 e. The molecule has 4 heteroatoms. The van der Waals surface area contributed by atoms with Crippen molar-refractivity contribution in [2.24, 2.45) is 0 Å². The lowest BCUT2D eigenvalue weighted by atomic mass is 9.91. The Kier molecular flexibility index (Phi) is 3.54. The molecule has 0 radical (unpaired) electrons. The van der Waals surface area contributed by atoms with Gasteiger partial charge < -0.3 is 5.32 Å². The molecule has 4 nitrogen and oxygen atoms in total. The van der Waals surface area contributed by atoms with Crippen molar-refractivity contribution in [1.82, 2.24) is 15.2 Å². The van der Waals surface area contributed by atoms with Crippen LogP contribution in [0.15, 0.2) is 24.5 Å². The molecule has 0 spiro atoms. The van der Waals surface area contributed by atoms with Crippen molar-refractivity contribution < 1.29 is 4.79 Å². The number of hydrogen-bond acceptors (Lipinski definition) is 4. The van der Waals surface area contributed by atoms with Gasteiger partial charge in [0.1, 0.15) is 0 Å². The molecule has 0 unspecified atom stereocenters. The van der Waals surface area contributed by atoms with Crippen molar-refractivity contribution >= 4 is 5.78 Å². The number of ketones is 1. The lowest BCUT2D eigenvalue weighted by Crippen LogP contribution is -2.57. The highest BCUT2D eigenvalue weighted by molar-refractivity contribution is 6.02. The van der Waals surface area contributed by atoms with E-state index in [0.717, 1.165) is 31.7 Å². The van der Waals surface area contributed by atoms with E-state index in [9.17, 15) is 4.79 Å². The van der Waals surface area contributed by atoms with E-state index in [1.165, 1.54) is 0 Å². The first kappa shape index (κ1) is 12.2. The molecule has 0 saturated carbocycles. The molecule has 1 aromatic heterocycles. The van der Waals surface area contributed by atoms with Gasteiger partial charge in [-0.2, -0.15) is 0 Å². The van der Waals surface area contributed by atoms with Crippen LogP contribution in [0.5, 0.6) is 0 Å². The molecule has 1 fully saturated rings. The van der Waals surface area contributed by atoms with E-state index in [-0.39, 0.29) is 5.78 Å². The summed E-state index contributed by atoms with van der Waals surface area (Å²) in [7, 11) is 0. The van der Waals surface area contributed by atoms with E-state index in [4.69, 9.17) is 0 Å². The normalized spacial score (nSPS) is 18.0. The second-order valence-corrected chi connectivity index (χ2v) is 4.86. The maximum absolute atomic E-state index is 12.5. The standard InChI is InChI=1S/C13H19N3O/c1-13(2,16-9-7-15-8-10-16)12(17)11-3-5-14-6-4-11/h3-6,15H,7-10H2,1-2H3. The molecule has 1 saturated heterocycles. The predicted octanol–water partition coefficient (Wildman–Crippen LogP) is 0.948. The molecule has 0 aromatic carbocycles. The number of carbonyl (C=O) groups excluding carboxylic acids is 1. The number of rotatable bonds is 3. The van der Waals surface area contributed by atoms with E-state index in [2.05, 4.69) is 15.2 Å². The Morgan fingerprint density at radius 2 is 1.88 bits per heavy atom. The number of Topliss-reactive ketones (excluding diaryl/α,β-unsaturated/α-hetero) is 1. The highest BCUT2D eigenvalue weighted by Gasteiger charge is 2.35. The topological polar surface area (TPSA) is 45.2 Å². The smallest absolute Gasteiger partial charge is 0.182 e. The summed E-state index contributed by atoms with van der Waals surface area (Å²) >= 11 is 0. The molecule has 92 valence electrons. The third-order valence-electron chi connectivity index (χ3n) is 3.41. The van der Waals surface area contributed by atoms with Crippen molar-refractivity contribution in [1.29, 1.82) is 0 Å². The van der Waals surface area contributed by atoms with Gasteiger partial charge in [0.2, 0.25) is 0 Å². The maximum atomic E-state index is 12.5. The number of nitrogens with zero attached hydrogens (tertiary/aromatic N) is 2. The Bertz CT molecular complexity index is 383. The minimum atomic E-state index is -0.441. The van der Waals surface area contributed by atoms with Crippen molar-refractivity contribution in [3.8, 4) is 0 Å². The van der Waals surface area contributed by atoms with Crippen LogP contribution in [0.2, 0.25) is 0 Å². The summed E-state index contributed by atoms with van der Waals surface area (Å²) in [5, 5.41) is 3.30. The minimum Gasteiger partial charge on any atom is -0.314 e. The van der Waals surface area contributed by atoms with Crippen LogP contribution in [0.1, 0.15) is 24.2 Å². The van der Waals surface area contributed by atoms with Crippen LogP contribution in [-0.2, 0) is 0 Å². The van der Waals surface area contributed by atoms with Crippen LogP contribution >= 0.6 is 0 Å². The van der Waals surface area contributed by atoms with Gasteiger partial charge in [-0.1, -0.05) is 0 Å². The van der Waals surface area contributed by atoms with E-state index < -0.39 is 5.54 Å². The van der Waals surface area contributed by atoms with Gasteiger partial charge in [-0.3, -0.25) is 14.7 Å². The highest BCUT2D eigenvalue weighted by Crippen LogP contribution is 2.20. The van der Waals surface area contributed by atoms with Crippen LogP contribution in [0.4, 0.5) is 0 Å². The molecular weight excluding hydrogens is 214 g/mol. The Morgan fingerprint density at radius 1 is 1.29 bits per heavy atom. The lowest BCUT2D eigenvalue weighted by Gasteiger charge is -2.39. The molecule has 0 bridgehead atoms. The number of nitrogens with one attached hydrogen (secondary N) is 1. The fourth-order valence-electron chi connectivity index (χ4n) is 2.22. The number of aromatic nitrogens is 1. The van der Waals surface area contributed by atoms with Crippen LogP contribution in [-0.4, -0.2) is 47.4 Å². The van der Waals surface area contributed by atoms with Gasteiger partial charge in [-0.25, -0.2) is 0 Å². The Hall–Kier alpha value is -1.26. The van der Waals surface area contributed by atoms with Gasteiger partial charge in [0.15, 0.2) is 5.78 Å². The zero-order chi connectivity index (χ0) is 12.3. The van der Waals surface area contributed by atoms with Crippen LogP contribution in [0.25, 0.3) is 0 Å². The van der Waals surface area contributed by atoms with Gasteiger partial charge in [-0.05, 0) is 26.0 Å². The zero-order valence-electron chi connectivity index (χ0n) is 10.4. The first-order valence-electron chi connectivity index (χ1n) is 6.03. The minimum absolute atomic E-state index is 0.168. The van der Waals surface area contributed by atoms with Crippen molar-refractivity contribution in [3.05, 3.63) is 30.1 Å². The number of carbonyl (C=O) groups is 1. The molecule has 0 atom stereocenters. The van der Waals surface area contributed by atoms with Crippen LogP contribution < -0.4 is 5.32 Å². The molecule has 2 heterocycles. The second-order valence-electron chi connectivity index (χ2n) is 4.86. The Morgan fingerprint density at radius 3 is 2.47 bits per heavy atom. The van der Waals surface area contributed by atoms with Crippen LogP contribution in [0.3, 0.4) is 0 Å². The molecule has 1 N–H and O–H groups in total. The van der Waals surface area contributed by atoms with Crippen molar-refractivity contribution in [2.75, 3.05) is 26.2 Å². The molecule has 1 aromatic rings. The number of hydrogen-bond donors (Lipinski definition) is 1. The van der Waals surface area contributed by atoms with Gasteiger partial charge in [0.05, 0.1) is 5.54 Å². The SMILES string of the molecule is CC(C)(C(=O)c1ccncc1)N1CCNCC1. The van der Waals surface area contributed by atoms with E-state index in [1.54, 1.807) is 24.5 Å². The second kappa shape index (κ2) is 4.94.